The van der Waals surface area contributed by atoms with E-state index in [9.17, 15) is 14.4 Å². The highest BCUT2D eigenvalue weighted by Crippen LogP contribution is 2.26. The highest BCUT2D eigenvalue weighted by molar-refractivity contribution is 6.06. The van der Waals surface area contributed by atoms with Crippen molar-refractivity contribution in [1.29, 1.82) is 0 Å². The highest BCUT2D eigenvalue weighted by atomic mass is 16.2. The van der Waals surface area contributed by atoms with Gasteiger partial charge in [0.1, 0.15) is 5.56 Å². The number of nitrogens with one attached hydrogen (secondary N) is 2. The van der Waals surface area contributed by atoms with Crippen LogP contribution in [-0.4, -0.2) is 21.4 Å². The first-order chi connectivity index (χ1) is 13.5. The van der Waals surface area contributed by atoms with Crippen LogP contribution in [0.4, 0.5) is 11.4 Å². The molecule has 0 aliphatic carbocycles. The number of pyridine rings is 2. The molecule has 7 heteroatoms. The number of aromatic nitrogens is 2. The summed E-state index contributed by atoms with van der Waals surface area (Å²) in [5.41, 5.74) is 3.32. The van der Waals surface area contributed by atoms with Crippen LogP contribution in [0.3, 0.4) is 0 Å². The fourth-order valence-corrected chi connectivity index (χ4v) is 3.25. The van der Waals surface area contributed by atoms with Crippen LogP contribution in [0.25, 0.3) is 0 Å². The van der Waals surface area contributed by atoms with Gasteiger partial charge in [0.15, 0.2) is 0 Å². The fourth-order valence-electron chi connectivity index (χ4n) is 3.25. The first-order valence-corrected chi connectivity index (χ1v) is 8.84. The van der Waals surface area contributed by atoms with E-state index in [1.54, 1.807) is 55.8 Å². The topological polar surface area (TPSA) is 93.1 Å². The molecule has 0 saturated heterocycles. The molecule has 2 amide bonds. The van der Waals surface area contributed by atoms with E-state index in [0.717, 1.165) is 16.8 Å². The Morgan fingerprint density at radius 1 is 1.25 bits per heavy atom. The van der Waals surface area contributed by atoms with Gasteiger partial charge >= 0.3 is 0 Å². The lowest BCUT2D eigenvalue weighted by Crippen LogP contribution is -2.30. The smallest absolute Gasteiger partial charge is 0.263 e. The number of amides is 2. The Kier molecular flexibility index (Phi) is 4.49. The molecule has 0 spiro atoms. The van der Waals surface area contributed by atoms with Crippen molar-refractivity contribution in [1.82, 2.24) is 9.55 Å². The molecule has 2 N–H and O–H groups in total. The summed E-state index contributed by atoms with van der Waals surface area (Å²) in [5.74, 6) is -0.545. The summed E-state index contributed by atoms with van der Waals surface area (Å²) in [5, 5.41) is 5.52. The molecule has 4 rings (SSSR count). The predicted molar refractivity (Wildman–Crippen MR) is 106 cm³/mol. The molecule has 2 aromatic heterocycles. The number of carbonyl (C=O) groups excluding carboxylic acids is 2. The summed E-state index contributed by atoms with van der Waals surface area (Å²) in [4.78, 5) is 41.2. The van der Waals surface area contributed by atoms with E-state index in [1.807, 2.05) is 6.07 Å². The third-order valence-corrected chi connectivity index (χ3v) is 4.66. The molecule has 140 valence electrons. The lowest BCUT2D eigenvalue weighted by atomic mass is 10.1. The zero-order valence-electron chi connectivity index (χ0n) is 15.2. The van der Waals surface area contributed by atoms with Gasteiger partial charge in [-0.2, -0.15) is 0 Å². The molecule has 1 aliphatic rings. The Bertz CT molecular complexity index is 1140. The molecule has 7 nitrogen and oxygen atoms in total. The minimum absolute atomic E-state index is 0.0735. The Hall–Kier alpha value is -3.74. The number of rotatable bonds is 4. The minimum Gasteiger partial charge on any atom is -0.326 e. The van der Waals surface area contributed by atoms with Gasteiger partial charge in [-0.3, -0.25) is 19.4 Å². The number of benzene rings is 1. The van der Waals surface area contributed by atoms with E-state index in [2.05, 4.69) is 15.6 Å². The van der Waals surface area contributed by atoms with Gasteiger partial charge in [-0.1, -0.05) is 6.07 Å². The number of aryl methyl sites for hydroxylation is 1. The molecule has 0 radical (unpaired) electrons. The second-order valence-corrected chi connectivity index (χ2v) is 6.72. The van der Waals surface area contributed by atoms with E-state index in [1.165, 1.54) is 4.57 Å². The molecule has 0 unspecified atom stereocenters. The summed E-state index contributed by atoms with van der Waals surface area (Å²) in [6.45, 7) is 2.07. The first kappa shape index (κ1) is 17.7. The van der Waals surface area contributed by atoms with Crippen molar-refractivity contribution in [3.63, 3.8) is 0 Å². The van der Waals surface area contributed by atoms with Gasteiger partial charge in [-0.15, -0.1) is 0 Å². The van der Waals surface area contributed by atoms with Crippen LogP contribution >= 0.6 is 0 Å². The summed E-state index contributed by atoms with van der Waals surface area (Å²) >= 11 is 0. The molecule has 1 aliphatic heterocycles. The molecule has 3 heterocycles. The van der Waals surface area contributed by atoms with Crippen LogP contribution < -0.4 is 16.2 Å². The maximum atomic E-state index is 12.9. The molecule has 3 aromatic rings. The SMILES string of the molecule is Cc1ccn(Cc2cccnc2)c(=O)c1C(=O)Nc1ccc2c(c1)CC(=O)N2. The van der Waals surface area contributed by atoms with Gasteiger partial charge in [-0.05, 0) is 53.9 Å². The molecule has 0 atom stereocenters. The van der Waals surface area contributed by atoms with Crippen LogP contribution in [0.5, 0.6) is 0 Å². The van der Waals surface area contributed by atoms with Crippen molar-refractivity contribution in [2.24, 2.45) is 0 Å². The Labute approximate surface area is 161 Å². The lowest BCUT2D eigenvalue weighted by molar-refractivity contribution is -0.115. The monoisotopic (exact) mass is 374 g/mol. The molecule has 28 heavy (non-hydrogen) atoms. The Balaban J connectivity index is 1.61. The number of hydrogen-bond acceptors (Lipinski definition) is 4. The molecule has 0 fully saturated rings. The van der Waals surface area contributed by atoms with Crippen LogP contribution in [0, 0.1) is 6.92 Å². The third-order valence-electron chi connectivity index (χ3n) is 4.66. The van der Waals surface area contributed by atoms with Crippen molar-refractivity contribution >= 4 is 23.2 Å². The minimum atomic E-state index is -0.472. The number of carbonyl (C=O) groups is 2. The van der Waals surface area contributed by atoms with Crippen molar-refractivity contribution in [3.05, 3.63) is 87.6 Å². The quantitative estimate of drug-likeness (QED) is 0.733. The van der Waals surface area contributed by atoms with Gasteiger partial charge in [0.05, 0.1) is 13.0 Å². The van der Waals surface area contributed by atoms with E-state index >= 15 is 0 Å². The molecule has 0 saturated carbocycles. The number of nitrogens with zero attached hydrogens (tertiary/aromatic N) is 2. The van der Waals surface area contributed by atoms with E-state index in [4.69, 9.17) is 0 Å². The maximum Gasteiger partial charge on any atom is 0.263 e. The van der Waals surface area contributed by atoms with Gasteiger partial charge in [0, 0.05) is 30.0 Å². The molecule has 1 aromatic carbocycles. The van der Waals surface area contributed by atoms with Gasteiger partial charge in [-0.25, -0.2) is 0 Å². The van der Waals surface area contributed by atoms with Gasteiger partial charge in [0.25, 0.3) is 11.5 Å². The number of fused-ring (bicyclic) bond motifs is 1. The van der Waals surface area contributed by atoms with Crippen LogP contribution in [0.1, 0.15) is 27.0 Å². The largest absolute Gasteiger partial charge is 0.326 e. The molecule has 0 bridgehead atoms. The van der Waals surface area contributed by atoms with Gasteiger partial charge in [0.2, 0.25) is 5.91 Å². The summed E-state index contributed by atoms with van der Waals surface area (Å²) < 4.78 is 1.49. The summed E-state index contributed by atoms with van der Waals surface area (Å²) in [6.07, 6.45) is 5.31. The van der Waals surface area contributed by atoms with Gasteiger partial charge < -0.3 is 15.2 Å². The normalized spacial score (nSPS) is 12.4. The zero-order chi connectivity index (χ0) is 19.7. The van der Waals surface area contributed by atoms with Crippen molar-refractivity contribution in [2.45, 2.75) is 19.9 Å². The Morgan fingerprint density at radius 2 is 2.11 bits per heavy atom. The average molecular weight is 374 g/mol. The Morgan fingerprint density at radius 3 is 2.89 bits per heavy atom. The van der Waals surface area contributed by atoms with E-state index in [0.29, 0.717) is 17.8 Å². The van der Waals surface area contributed by atoms with Crippen molar-refractivity contribution < 1.29 is 9.59 Å². The zero-order valence-corrected chi connectivity index (χ0v) is 15.2. The highest BCUT2D eigenvalue weighted by Gasteiger charge is 2.20. The van der Waals surface area contributed by atoms with Crippen molar-refractivity contribution in [3.8, 4) is 0 Å². The summed E-state index contributed by atoms with van der Waals surface area (Å²) in [6, 6.07) is 10.6. The standard InChI is InChI=1S/C21H18N4O3/c1-13-6-8-25(12-14-3-2-7-22-11-14)21(28)19(13)20(27)23-16-4-5-17-15(9-16)10-18(26)24-17/h2-9,11H,10,12H2,1H3,(H,23,27)(H,24,26). The number of hydrogen-bond donors (Lipinski definition) is 2. The first-order valence-electron chi connectivity index (χ1n) is 8.84. The summed E-state index contributed by atoms with van der Waals surface area (Å²) in [7, 11) is 0. The third kappa shape index (κ3) is 3.42. The maximum absolute atomic E-state index is 12.9. The fraction of sp³-hybridized carbons (Fsp3) is 0.143. The molecular formula is C21H18N4O3. The van der Waals surface area contributed by atoms with Crippen LogP contribution in [0.15, 0.2) is 59.8 Å². The second-order valence-electron chi connectivity index (χ2n) is 6.72. The van der Waals surface area contributed by atoms with Crippen LogP contribution in [-0.2, 0) is 17.8 Å². The average Bonchev–Trinajstić information content (AvgIpc) is 3.04. The van der Waals surface area contributed by atoms with Crippen LogP contribution in [0.2, 0.25) is 0 Å². The lowest BCUT2D eigenvalue weighted by Gasteiger charge is -2.12. The van der Waals surface area contributed by atoms with E-state index < -0.39 is 5.91 Å². The second kappa shape index (κ2) is 7.11. The molecular weight excluding hydrogens is 356 g/mol. The van der Waals surface area contributed by atoms with E-state index in [-0.39, 0.29) is 23.5 Å². The number of anilines is 2. The van der Waals surface area contributed by atoms with Crippen molar-refractivity contribution in [2.75, 3.05) is 10.6 Å². The predicted octanol–water partition coefficient (Wildman–Crippen LogP) is 2.35.